The van der Waals surface area contributed by atoms with Crippen molar-refractivity contribution >= 4 is 16.6 Å². The first-order valence-corrected chi connectivity index (χ1v) is 6.71. The lowest BCUT2D eigenvalue weighted by Gasteiger charge is -2.18. The molecule has 0 N–H and O–H groups in total. The molecule has 0 bridgehead atoms. The van der Waals surface area contributed by atoms with Gasteiger partial charge in [-0.3, -0.25) is 4.79 Å². The van der Waals surface area contributed by atoms with Crippen LogP contribution in [-0.2, 0) is 17.6 Å². The summed E-state index contributed by atoms with van der Waals surface area (Å²) in [5, 5.41) is 2.63. The fourth-order valence-corrected chi connectivity index (χ4v) is 2.92. The fraction of sp³-hybridized carbons (Fsp3) is 0.353. The number of Topliss-reactive ketones (excluding diaryl/α,β-unsaturated/α-hetero) is 1. The lowest BCUT2D eigenvalue weighted by atomic mass is 9.86. The van der Waals surface area contributed by atoms with Crippen LogP contribution in [0.2, 0.25) is 0 Å². The molecule has 0 spiro atoms. The number of ketones is 1. The fourth-order valence-electron chi connectivity index (χ4n) is 2.92. The van der Waals surface area contributed by atoms with Gasteiger partial charge in [-0.2, -0.15) is 0 Å². The molecule has 0 unspecified atom stereocenters. The SMILES string of the molecule is CC(C)c1cccc2cc3c(cc12)CCC(=O)C3. The van der Waals surface area contributed by atoms with Gasteiger partial charge >= 0.3 is 0 Å². The van der Waals surface area contributed by atoms with E-state index in [9.17, 15) is 4.79 Å². The van der Waals surface area contributed by atoms with Gasteiger partial charge in [0.2, 0.25) is 0 Å². The average Bonchev–Trinajstić information content (AvgIpc) is 2.35. The molecule has 1 aliphatic carbocycles. The third-order valence-corrected chi connectivity index (χ3v) is 3.92. The molecule has 0 saturated carbocycles. The molecule has 0 fully saturated rings. The first-order chi connectivity index (χ1) is 8.65. The zero-order valence-corrected chi connectivity index (χ0v) is 11.0. The molecule has 0 saturated heterocycles. The van der Waals surface area contributed by atoms with Crippen LogP contribution in [0.5, 0.6) is 0 Å². The zero-order chi connectivity index (χ0) is 12.7. The quantitative estimate of drug-likeness (QED) is 0.733. The molecular formula is C17H18O. The van der Waals surface area contributed by atoms with Gasteiger partial charge in [0, 0.05) is 12.8 Å². The van der Waals surface area contributed by atoms with Crippen molar-refractivity contribution in [1.82, 2.24) is 0 Å². The summed E-state index contributed by atoms with van der Waals surface area (Å²) in [6.45, 7) is 4.47. The number of hydrogen-bond donors (Lipinski definition) is 0. The second-order valence-electron chi connectivity index (χ2n) is 5.56. The van der Waals surface area contributed by atoms with Crippen LogP contribution in [-0.4, -0.2) is 5.78 Å². The van der Waals surface area contributed by atoms with E-state index in [2.05, 4.69) is 44.2 Å². The Labute approximate surface area is 108 Å². The second kappa shape index (κ2) is 4.24. The summed E-state index contributed by atoms with van der Waals surface area (Å²) in [4.78, 5) is 11.5. The predicted molar refractivity (Wildman–Crippen MR) is 75.1 cm³/mol. The van der Waals surface area contributed by atoms with E-state index in [0.717, 1.165) is 6.42 Å². The molecule has 1 heteroatoms. The highest BCUT2D eigenvalue weighted by molar-refractivity contribution is 5.91. The predicted octanol–water partition coefficient (Wildman–Crippen LogP) is 4.02. The van der Waals surface area contributed by atoms with Gasteiger partial charge in [-0.1, -0.05) is 44.2 Å². The number of aryl methyl sites for hydroxylation is 1. The van der Waals surface area contributed by atoms with E-state index in [0.29, 0.717) is 24.5 Å². The van der Waals surface area contributed by atoms with E-state index in [-0.39, 0.29) is 0 Å². The van der Waals surface area contributed by atoms with Gasteiger partial charge in [0.1, 0.15) is 5.78 Å². The minimum atomic E-state index is 0.377. The number of carbonyl (C=O) groups is 1. The number of hydrogen-bond acceptors (Lipinski definition) is 1. The van der Waals surface area contributed by atoms with Crippen LogP contribution in [0.25, 0.3) is 10.8 Å². The normalized spacial score (nSPS) is 15.2. The Morgan fingerprint density at radius 1 is 1.06 bits per heavy atom. The molecule has 0 aromatic heterocycles. The largest absolute Gasteiger partial charge is 0.299 e. The van der Waals surface area contributed by atoms with Crippen LogP contribution in [0.1, 0.15) is 42.9 Å². The van der Waals surface area contributed by atoms with Crippen molar-refractivity contribution in [2.24, 2.45) is 0 Å². The number of benzene rings is 2. The molecule has 0 amide bonds. The van der Waals surface area contributed by atoms with Crippen LogP contribution >= 0.6 is 0 Å². The molecule has 0 atom stereocenters. The minimum Gasteiger partial charge on any atom is -0.299 e. The molecule has 0 heterocycles. The van der Waals surface area contributed by atoms with E-state index in [1.807, 2.05) is 0 Å². The molecular weight excluding hydrogens is 220 g/mol. The smallest absolute Gasteiger partial charge is 0.137 e. The first-order valence-electron chi connectivity index (χ1n) is 6.71. The zero-order valence-electron chi connectivity index (χ0n) is 11.0. The summed E-state index contributed by atoms with van der Waals surface area (Å²) >= 11 is 0. The average molecular weight is 238 g/mol. The Morgan fingerprint density at radius 2 is 1.89 bits per heavy atom. The standard InChI is InChI=1S/C17H18O/c1-11(2)16-5-3-4-13-8-14-9-15(18)7-6-12(14)10-17(13)16/h3-5,8,10-11H,6-7,9H2,1-2H3. The Morgan fingerprint density at radius 3 is 2.67 bits per heavy atom. The van der Waals surface area contributed by atoms with E-state index in [1.54, 1.807) is 0 Å². The molecule has 2 aromatic rings. The lowest BCUT2D eigenvalue weighted by Crippen LogP contribution is -2.13. The van der Waals surface area contributed by atoms with E-state index >= 15 is 0 Å². The molecule has 18 heavy (non-hydrogen) atoms. The molecule has 0 aliphatic heterocycles. The Balaban J connectivity index is 2.24. The summed E-state index contributed by atoms with van der Waals surface area (Å²) in [6.07, 6.45) is 2.25. The van der Waals surface area contributed by atoms with Crippen molar-refractivity contribution in [3.05, 3.63) is 47.0 Å². The van der Waals surface area contributed by atoms with Crippen LogP contribution in [0, 0.1) is 0 Å². The van der Waals surface area contributed by atoms with Gasteiger partial charge in [-0.25, -0.2) is 0 Å². The number of fused-ring (bicyclic) bond motifs is 2. The summed E-state index contributed by atoms with van der Waals surface area (Å²) in [6, 6.07) is 11.0. The summed E-state index contributed by atoms with van der Waals surface area (Å²) in [7, 11) is 0. The summed E-state index contributed by atoms with van der Waals surface area (Å²) in [5.74, 6) is 0.916. The van der Waals surface area contributed by atoms with Gasteiger partial charge in [-0.15, -0.1) is 0 Å². The number of rotatable bonds is 1. The van der Waals surface area contributed by atoms with Gasteiger partial charge in [0.05, 0.1) is 0 Å². The van der Waals surface area contributed by atoms with Crippen molar-refractivity contribution in [2.75, 3.05) is 0 Å². The Hall–Kier alpha value is -1.63. The Bertz CT molecular complexity index is 623. The van der Waals surface area contributed by atoms with Crippen LogP contribution < -0.4 is 0 Å². The van der Waals surface area contributed by atoms with Crippen molar-refractivity contribution < 1.29 is 4.79 Å². The summed E-state index contributed by atoms with van der Waals surface area (Å²) < 4.78 is 0. The first kappa shape index (κ1) is 11.5. The van der Waals surface area contributed by atoms with Crippen molar-refractivity contribution in [2.45, 2.75) is 39.0 Å². The lowest BCUT2D eigenvalue weighted by molar-refractivity contribution is -0.118. The van der Waals surface area contributed by atoms with E-state index < -0.39 is 0 Å². The van der Waals surface area contributed by atoms with Gasteiger partial charge in [0.15, 0.2) is 0 Å². The van der Waals surface area contributed by atoms with Gasteiger partial charge in [-0.05, 0) is 39.8 Å². The minimum absolute atomic E-state index is 0.377. The molecule has 1 aliphatic rings. The van der Waals surface area contributed by atoms with Crippen LogP contribution in [0.4, 0.5) is 0 Å². The van der Waals surface area contributed by atoms with E-state index in [4.69, 9.17) is 0 Å². The topological polar surface area (TPSA) is 17.1 Å². The van der Waals surface area contributed by atoms with Crippen molar-refractivity contribution in [3.8, 4) is 0 Å². The molecule has 3 rings (SSSR count). The van der Waals surface area contributed by atoms with E-state index in [1.165, 1.54) is 27.5 Å². The summed E-state index contributed by atoms with van der Waals surface area (Å²) in [5.41, 5.74) is 4.02. The van der Waals surface area contributed by atoms with Crippen LogP contribution in [0.3, 0.4) is 0 Å². The molecule has 0 radical (unpaired) electrons. The maximum atomic E-state index is 11.5. The maximum absolute atomic E-state index is 11.5. The maximum Gasteiger partial charge on any atom is 0.137 e. The third-order valence-electron chi connectivity index (χ3n) is 3.92. The van der Waals surface area contributed by atoms with Gasteiger partial charge < -0.3 is 0 Å². The molecule has 2 aromatic carbocycles. The highest BCUT2D eigenvalue weighted by atomic mass is 16.1. The molecule has 1 nitrogen and oxygen atoms in total. The van der Waals surface area contributed by atoms with Crippen molar-refractivity contribution in [1.29, 1.82) is 0 Å². The van der Waals surface area contributed by atoms with Crippen molar-refractivity contribution in [3.63, 3.8) is 0 Å². The highest BCUT2D eigenvalue weighted by Crippen LogP contribution is 2.30. The van der Waals surface area contributed by atoms with Gasteiger partial charge in [0.25, 0.3) is 0 Å². The third kappa shape index (κ3) is 1.84. The molecule has 92 valence electrons. The highest BCUT2D eigenvalue weighted by Gasteiger charge is 2.17. The Kier molecular flexibility index (Phi) is 2.70. The second-order valence-corrected chi connectivity index (χ2v) is 5.56. The number of carbonyl (C=O) groups excluding carboxylic acids is 1. The van der Waals surface area contributed by atoms with Crippen LogP contribution in [0.15, 0.2) is 30.3 Å². The monoisotopic (exact) mass is 238 g/mol.